The van der Waals surface area contributed by atoms with Crippen molar-refractivity contribution in [3.63, 3.8) is 0 Å². The van der Waals surface area contributed by atoms with Gasteiger partial charge in [-0.3, -0.25) is 0 Å². The summed E-state index contributed by atoms with van der Waals surface area (Å²) < 4.78 is 8.94. The van der Waals surface area contributed by atoms with Gasteiger partial charge in [0.25, 0.3) is 0 Å². The Kier molecular flexibility index (Phi) is 15.9. The van der Waals surface area contributed by atoms with Crippen molar-refractivity contribution in [3.05, 3.63) is 0 Å². The fraction of sp³-hybridized carbons (Fsp3) is 1.00. The van der Waals surface area contributed by atoms with Crippen molar-refractivity contribution in [2.75, 3.05) is 21.1 Å². The van der Waals surface area contributed by atoms with Crippen LogP contribution in [0.2, 0.25) is 0 Å². The van der Waals surface area contributed by atoms with E-state index in [0.29, 0.717) is 0 Å². The average molecular weight is 197 g/mol. The molecule has 2 nitrogen and oxygen atoms in total. The second kappa shape index (κ2) is 10.1. The van der Waals surface area contributed by atoms with Crippen LogP contribution >= 0.6 is 5.05 Å². The van der Waals surface area contributed by atoms with Crippen LogP contribution in [0.5, 0.6) is 0 Å². The topological polar surface area (TPSA) is 20.3 Å². The molecule has 0 aromatic heterocycles. The molecule has 0 spiro atoms. The molecule has 0 saturated heterocycles. The van der Waals surface area contributed by atoms with E-state index in [-0.39, 0.29) is 5.05 Å². The molecule has 0 rings (SSSR count). The molecule has 0 bridgehead atoms. The first-order chi connectivity index (χ1) is 3.15. The third-order valence-electron chi connectivity index (χ3n) is 0. The van der Waals surface area contributed by atoms with Crippen LogP contribution in [-0.4, -0.2) is 26.0 Å². The fourth-order valence-electron chi connectivity index (χ4n) is 0. The van der Waals surface area contributed by atoms with E-state index < -0.39 is 0 Å². The minimum atomic E-state index is 0.257. The quantitative estimate of drug-likeness (QED) is 0.538. The van der Waals surface area contributed by atoms with Gasteiger partial charge in [0.05, 0.1) is 0 Å². The van der Waals surface area contributed by atoms with E-state index in [1.54, 1.807) is 0 Å². The Balaban J connectivity index is 0. The van der Waals surface area contributed by atoms with Crippen LogP contribution in [0.25, 0.3) is 0 Å². The second-order valence-electron chi connectivity index (χ2n) is 1.43. The van der Waals surface area contributed by atoms with Crippen LogP contribution in [0, 0.1) is 0 Å². The standard InChI is InChI=1S/C3H9N.OP.Zr/c1-4(2)3;1-2;/h1-3H3;;/q;-1;+1. The van der Waals surface area contributed by atoms with Gasteiger partial charge in [0.1, 0.15) is 0 Å². The van der Waals surface area contributed by atoms with E-state index in [9.17, 15) is 0 Å². The number of rotatable bonds is 0. The third kappa shape index (κ3) is 158. The molecule has 0 fully saturated rings. The Morgan fingerprint density at radius 2 is 1.43 bits per heavy atom. The second-order valence-corrected chi connectivity index (χ2v) is 2.96. The summed E-state index contributed by atoms with van der Waals surface area (Å²) >= 11 is 1.05. The van der Waals surface area contributed by atoms with Gasteiger partial charge in [-0.2, -0.15) is 0 Å². The van der Waals surface area contributed by atoms with Crippen LogP contribution in [0.15, 0.2) is 0 Å². The summed E-state index contributed by atoms with van der Waals surface area (Å²) in [5.41, 5.74) is 0. The van der Waals surface area contributed by atoms with Gasteiger partial charge in [-0.1, -0.05) is 0 Å². The molecule has 0 aliphatic rings. The predicted octanol–water partition coefficient (Wildman–Crippen LogP) is 0.918. The SMILES string of the molecule is CN(C)C.O=[P]#[Zr]. The first kappa shape index (κ1) is 11.0. The first-order valence-corrected chi connectivity index (χ1v) is 5.86. The molecule has 4 heteroatoms. The molecule has 0 heterocycles. The van der Waals surface area contributed by atoms with Gasteiger partial charge in [-0.25, -0.2) is 0 Å². The maximum atomic E-state index is 8.94. The summed E-state index contributed by atoms with van der Waals surface area (Å²) in [6, 6.07) is 0. The van der Waals surface area contributed by atoms with E-state index in [4.69, 9.17) is 4.57 Å². The summed E-state index contributed by atoms with van der Waals surface area (Å²) in [5, 5.41) is 0.257. The van der Waals surface area contributed by atoms with Crippen molar-refractivity contribution in [1.82, 2.24) is 4.90 Å². The van der Waals surface area contributed by atoms with Crippen molar-refractivity contribution < 1.29 is 27.9 Å². The molecule has 0 aliphatic carbocycles. The number of hydrogen-bond donors (Lipinski definition) is 0. The van der Waals surface area contributed by atoms with E-state index in [0.717, 1.165) is 23.4 Å². The van der Waals surface area contributed by atoms with E-state index in [1.807, 2.05) is 26.0 Å². The Morgan fingerprint density at radius 3 is 1.43 bits per heavy atom. The first-order valence-electron chi connectivity index (χ1n) is 1.75. The van der Waals surface area contributed by atoms with Crippen LogP contribution in [0.1, 0.15) is 0 Å². The Bertz CT molecular complexity index is 86.1. The molecule has 41 valence electrons. The molecular weight excluding hydrogens is 188 g/mol. The molecule has 0 unspecified atom stereocenters. The minimum absolute atomic E-state index is 0.257. The zero-order valence-electron chi connectivity index (χ0n) is 4.80. The zero-order valence-corrected chi connectivity index (χ0v) is 8.16. The van der Waals surface area contributed by atoms with Crippen molar-refractivity contribution in [3.8, 4) is 0 Å². The molecule has 0 aliphatic heterocycles. The van der Waals surface area contributed by atoms with Gasteiger partial charge in [0.2, 0.25) is 0 Å². The van der Waals surface area contributed by atoms with Crippen molar-refractivity contribution >= 4 is 5.05 Å². The van der Waals surface area contributed by atoms with Crippen LogP contribution in [-0.2, 0) is 27.9 Å². The average Bonchev–Trinajstić information content (AvgIpc) is 1.33. The molecule has 0 aromatic rings. The summed E-state index contributed by atoms with van der Waals surface area (Å²) in [7, 11) is 6.00. The molecule has 0 amide bonds. The van der Waals surface area contributed by atoms with Gasteiger partial charge in [0, 0.05) is 0 Å². The summed E-state index contributed by atoms with van der Waals surface area (Å²) in [6.45, 7) is 0. The van der Waals surface area contributed by atoms with E-state index in [2.05, 4.69) is 0 Å². The van der Waals surface area contributed by atoms with Crippen molar-refractivity contribution in [2.45, 2.75) is 0 Å². The van der Waals surface area contributed by atoms with E-state index in [1.165, 1.54) is 0 Å². The number of nitrogens with zero attached hydrogens (tertiary/aromatic N) is 1. The van der Waals surface area contributed by atoms with Crippen molar-refractivity contribution in [1.29, 1.82) is 0 Å². The molecule has 7 heavy (non-hydrogen) atoms. The Morgan fingerprint density at radius 1 is 1.43 bits per heavy atom. The molecular formula is C3H9NOPZr. The molecule has 0 atom stereocenters. The van der Waals surface area contributed by atoms with Crippen LogP contribution < -0.4 is 0 Å². The third-order valence-corrected chi connectivity index (χ3v) is 0. The van der Waals surface area contributed by atoms with Gasteiger partial charge < -0.3 is 4.90 Å². The molecule has 0 aromatic carbocycles. The Labute approximate surface area is 59.1 Å². The van der Waals surface area contributed by atoms with Crippen molar-refractivity contribution in [2.24, 2.45) is 0 Å². The fourth-order valence-corrected chi connectivity index (χ4v) is 0. The summed E-state index contributed by atoms with van der Waals surface area (Å²) in [5.74, 6) is 0. The summed E-state index contributed by atoms with van der Waals surface area (Å²) in [4.78, 5) is 2.00. The Hall–Kier alpha value is 1.07. The molecule has 0 radical (unpaired) electrons. The van der Waals surface area contributed by atoms with Gasteiger partial charge in [0.15, 0.2) is 0 Å². The van der Waals surface area contributed by atoms with Crippen LogP contribution in [0.3, 0.4) is 0 Å². The van der Waals surface area contributed by atoms with E-state index >= 15 is 0 Å². The van der Waals surface area contributed by atoms with Gasteiger partial charge >= 0.3 is 33.0 Å². The molecule has 0 N–H and O–H groups in total. The zero-order chi connectivity index (χ0) is 6.28. The van der Waals surface area contributed by atoms with Gasteiger partial charge in [-0.15, -0.1) is 0 Å². The van der Waals surface area contributed by atoms with Crippen LogP contribution in [0.4, 0.5) is 0 Å². The monoisotopic (exact) mass is 196 g/mol. The maximum absolute atomic E-state index is 8.94. The summed E-state index contributed by atoms with van der Waals surface area (Å²) in [6.07, 6.45) is 0. The van der Waals surface area contributed by atoms with Gasteiger partial charge in [-0.05, 0) is 21.1 Å². The number of hydrogen-bond acceptors (Lipinski definition) is 2. The molecule has 0 saturated carbocycles. The normalized spacial score (nSPS) is 7.14. The predicted molar refractivity (Wildman–Crippen MR) is 27.2 cm³/mol.